The fourth-order valence-corrected chi connectivity index (χ4v) is 5.22. The number of aryl methyl sites for hydroxylation is 1. The maximum atomic E-state index is 12.8. The number of aromatic nitrogens is 3. The fourth-order valence-electron chi connectivity index (χ4n) is 4.44. The molecule has 1 aliphatic heterocycles. The Hall–Kier alpha value is -3.34. The number of carbonyl (C=O) groups excluding carboxylic acids is 1. The van der Waals surface area contributed by atoms with Crippen molar-refractivity contribution in [3.63, 3.8) is 0 Å². The number of fused-ring (bicyclic) bond motifs is 2. The molecule has 1 aromatic carbocycles. The van der Waals surface area contributed by atoms with Crippen molar-refractivity contribution in [2.75, 3.05) is 11.4 Å². The molecule has 0 aliphatic carbocycles. The average Bonchev–Trinajstić information content (AvgIpc) is 3.61. The number of amides is 1. The van der Waals surface area contributed by atoms with Crippen LogP contribution in [0.25, 0.3) is 10.9 Å². The van der Waals surface area contributed by atoms with E-state index in [4.69, 9.17) is 4.52 Å². The van der Waals surface area contributed by atoms with Crippen LogP contribution in [0, 0.1) is 6.92 Å². The van der Waals surface area contributed by atoms with E-state index in [2.05, 4.69) is 45.7 Å². The van der Waals surface area contributed by atoms with Crippen molar-refractivity contribution in [1.29, 1.82) is 0 Å². The summed E-state index contributed by atoms with van der Waals surface area (Å²) in [6, 6.07) is 8.52. The van der Waals surface area contributed by atoms with Gasteiger partial charge in [-0.3, -0.25) is 4.79 Å². The van der Waals surface area contributed by atoms with Crippen LogP contribution in [0.3, 0.4) is 0 Å². The minimum Gasteiger partial charge on any atom is -0.361 e. The molecule has 4 heterocycles. The summed E-state index contributed by atoms with van der Waals surface area (Å²) >= 11 is 1.47. The second kappa shape index (κ2) is 11.8. The lowest BCUT2D eigenvalue weighted by Crippen LogP contribution is -2.30. The normalized spacial score (nSPS) is 14.1. The first-order valence-electron chi connectivity index (χ1n) is 12.3. The van der Waals surface area contributed by atoms with Gasteiger partial charge in [-0.25, -0.2) is 4.98 Å². The van der Waals surface area contributed by atoms with Gasteiger partial charge >= 0.3 is 6.18 Å². The number of thiazole rings is 1. The zero-order valence-corrected chi connectivity index (χ0v) is 21.6. The lowest BCUT2D eigenvalue weighted by atomic mass is 10.0. The number of hydrogen-bond donors (Lipinski definition) is 2. The summed E-state index contributed by atoms with van der Waals surface area (Å²) < 4.78 is 43.2. The van der Waals surface area contributed by atoms with Crippen LogP contribution in [0.15, 0.2) is 41.2 Å². The molecule has 37 heavy (non-hydrogen) atoms. The summed E-state index contributed by atoms with van der Waals surface area (Å²) in [7, 11) is 0. The molecule has 4 aromatic rings. The Morgan fingerprint density at radius 3 is 2.84 bits per heavy atom. The van der Waals surface area contributed by atoms with Gasteiger partial charge in [0.25, 0.3) is 0 Å². The molecular formula is C26H30F3N5O2S. The van der Waals surface area contributed by atoms with Crippen LogP contribution in [-0.4, -0.2) is 34.1 Å². The van der Waals surface area contributed by atoms with E-state index in [-0.39, 0.29) is 18.2 Å². The minimum atomic E-state index is -4.47. The molecule has 7 nitrogen and oxygen atoms in total. The second-order valence-corrected chi connectivity index (χ2v) is 10.3. The first-order chi connectivity index (χ1) is 17.8. The van der Waals surface area contributed by atoms with E-state index in [1.165, 1.54) is 22.3 Å². The number of para-hydroxylation sites is 1. The fraction of sp³-hybridized carbons (Fsp3) is 0.423. The summed E-state index contributed by atoms with van der Waals surface area (Å²) in [6.45, 7) is 4.81. The van der Waals surface area contributed by atoms with Crippen molar-refractivity contribution < 1.29 is 22.5 Å². The Labute approximate surface area is 217 Å². The molecule has 0 saturated carbocycles. The second-order valence-electron chi connectivity index (χ2n) is 9.04. The summed E-state index contributed by atoms with van der Waals surface area (Å²) in [5.41, 5.74) is 1.65. The molecule has 3 aromatic heterocycles. The van der Waals surface area contributed by atoms with E-state index in [0.717, 1.165) is 47.6 Å². The van der Waals surface area contributed by atoms with Crippen molar-refractivity contribution >= 4 is 33.8 Å². The number of nitrogens with zero attached hydrogens (tertiary/aromatic N) is 3. The maximum absolute atomic E-state index is 12.8. The van der Waals surface area contributed by atoms with Gasteiger partial charge in [0, 0.05) is 52.7 Å². The smallest absolute Gasteiger partial charge is 0.361 e. The van der Waals surface area contributed by atoms with Gasteiger partial charge in [0.15, 0.2) is 10.8 Å². The average molecular weight is 534 g/mol. The number of carbonyl (C=O) groups is 1. The first kappa shape index (κ1) is 26.7. The Kier molecular flexibility index (Phi) is 8.52. The number of rotatable bonds is 8. The molecular weight excluding hydrogens is 503 g/mol. The monoisotopic (exact) mass is 533 g/mol. The molecule has 0 saturated heterocycles. The lowest BCUT2D eigenvalue weighted by molar-refractivity contribution is -0.143. The number of alkyl halides is 3. The molecule has 198 valence electrons. The third-order valence-electron chi connectivity index (χ3n) is 6.33. The van der Waals surface area contributed by atoms with Crippen LogP contribution in [0.4, 0.5) is 18.3 Å². The van der Waals surface area contributed by atoms with Crippen LogP contribution in [-0.2, 0) is 30.4 Å². The highest BCUT2D eigenvalue weighted by Crippen LogP contribution is 2.36. The predicted molar refractivity (Wildman–Crippen MR) is 138 cm³/mol. The quantitative estimate of drug-likeness (QED) is 0.270. The van der Waals surface area contributed by atoms with E-state index < -0.39 is 11.9 Å². The highest BCUT2D eigenvalue weighted by atomic mass is 32.1. The minimum absolute atomic E-state index is 0.131. The van der Waals surface area contributed by atoms with E-state index in [0.29, 0.717) is 18.7 Å². The maximum Gasteiger partial charge on any atom is 0.437 e. The van der Waals surface area contributed by atoms with E-state index in [1.54, 1.807) is 6.20 Å². The highest BCUT2D eigenvalue weighted by Gasteiger charge is 2.41. The van der Waals surface area contributed by atoms with Gasteiger partial charge in [0.05, 0.1) is 6.54 Å². The van der Waals surface area contributed by atoms with Gasteiger partial charge in [-0.05, 0) is 31.4 Å². The number of anilines is 1. The zero-order chi connectivity index (χ0) is 26.4. The Bertz CT molecular complexity index is 1310. The summed E-state index contributed by atoms with van der Waals surface area (Å²) in [4.78, 5) is 21.0. The van der Waals surface area contributed by atoms with Crippen LogP contribution < -0.4 is 10.2 Å². The molecule has 1 amide bonds. The Morgan fingerprint density at radius 1 is 1.32 bits per heavy atom. The van der Waals surface area contributed by atoms with Gasteiger partial charge in [0.2, 0.25) is 6.41 Å². The van der Waals surface area contributed by atoms with Crippen LogP contribution in [0.5, 0.6) is 0 Å². The van der Waals surface area contributed by atoms with Crippen LogP contribution in [0.1, 0.15) is 53.6 Å². The molecule has 5 rings (SSSR count). The van der Waals surface area contributed by atoms with E-state index in [1.807, 2.05) is 24.0 Å². The molecule has 1 unspecified atom stereocenters. The summed E-state index contributed by atoms with van der Waals surface area (Å²) in [5, 5.41) is 8.07. The third kappa shape index (κ3) is 6.51. The number of H-pyrrole nitrogens is 1. The van der Waals surface area contributed by atoms with Gasteiger partial charge in [0.1, 0.15) is 5.76 Å². The molecule has 0 fully saturated rings. The SMILES string of the molecule is CCCCC(Cc1c[nH]c2ccccc12)NC=O.Cc1cnc(N2CCc3onc(C(F)(F)F)c3C2)s1. The van der Waals surface area contributed by atoms with E-state index in [9.17, 15) is 18.0 Å². The number of nitrogens with one attached hydrogen (secondary N) is 2. The summed E-state index contributed by atoms with van der Waals surface area (Å²) in [6.07, 6.45) is 4.76. The number of unbranched alkanes of at least 4 members (excludes halogenated alkanes) is 1. The molecule has 0 radical (unpaired) electrons. The van der Waals surface area contributed by atoms with E-state index >= 15 is 0 Å². The van der Waals surface area contributed by atoms with Crippen molar-refractivity contribution in [2.45, 2.75) is 64.7 Å². The van der Waals surface area contributed by atoms with Gasteiger partial charge in [-0.1, -0.05) is 43.1 Å². The summed E-state index contributed by atoms with van der Waals surface area (Å²) in [5.74, 6) is 0.330. The van der Waals surface area contributed by atoms with Crippen molar-refractivity contribution in [3.05, 3.63) is 64.1 Å². The first-order valence-corrected chi connectivity index (χ1v) is 13.1. The Balaban J connectivity index is 0.000000173. The van der Waals surface area contributed by atoms with Crippen LogP contribution >= 0.6 is 11.3 Å². The topological polar surface area (TPSA) is 87.0 Å². The molecule has 2 N–H and O–H groups in total. The van der Waals surface area contributed by atoms with Crippen LogP contribution in [0.2, 0.25) is 0 Å². The van der Waals surface area contributed by atoms with Gasteiger partial charge in [-0.2, -0.15) is 13.2 Å². The number of halogens is 3. The largest absolute Gasteiger partial charge is 0.437 e. The molecule has 11 heteroatoms. The third-order valence-corrected chi connectivity index (χ3v) is 7.30. The predicted octanol–water partition coefficient (Wildman–Crippen LogP) is 6.04. The number of benzene rings is 1. The Morgan fingerprint density at radius 2 is 2.14 bits per heavy atom. The van der Waals surface area contributed by atoms with Crippen molar-refractivity contribution in [1.82, 2.24) is 20.4 Å². The molecule has 0 bridgehead atoms. The molecule has 1 aliphatic rings. The number of aromatic amines is 1. The molecule has 1 atom stereocenters. The molecule has 0 spiro atoms. The zero-order valence-electron chi connectivity index (χ0n) is 20.8. The number of hydrogen-bond acceptors (Lipinski definition) is 6. The van der Waals surface area contributed by atoms with Gasteiger partial charge in [-0.15, -0.1) is 11.3 Å². The standard InChI is InChI=1S/C15H20N2O.C11H10F3N3OS/c1-2-3-6-13(17-11-18)9-12-10-16-15-8-5-4-7-14(12)15;1-6-4-15-10(19-6)17-3-2-8-7(5-17)9(16-18-8)11(12,13)14/h4-5,7-8,10-11,13,16H,2-3,6,9H2,1H3,(H,17,18);4H,2-3,5H2,1H3. The van der Waals surface area contributed by atoms with Crippen molar-refractivity contribution in [2.24, 2.45) is 0 Å². The lowest BCUT2D eigenvalue weighted by Gasteiger charge is -2.25. The van der Waals surface area contributed by atoms with Gasteiger partial charge < -0.3 is 19.7 Å². The van der Waals surface area contributed by atoms with Crippen molar-refractivity contribution in [3.8, 4) is 0 Å². The highest BCUT2D eigenvalue weighted by molar-refractivity contribution is 7.15.